The molecule has 2 N–H and O–H groups in total. The van der Waals surface area contributed by atoms with E-state index in [0.29, 0.717) is 30.0 Å². The number of hydrogen-bond donors (Lipinski definition) is 2. The van der Waals surface area contributed by atoms with Crippen LogP contribution in [-0.2, 0) is 4.79 Å². The summed E-state index contributed by atoms with van der Waals surface area (Å²) in [4.78, 5) is 27.2. The zero-order valence-corrected chi connectivity index (χ0v) is 18.4. The first-order valence-corrected chi connectivity index (χ1v) is 12.0. The van der Waals surface area contributed by atoms with E-state index in [-0.39, 0.29) is 30.0 Å². The Hall–Kier alpha value is -1.25. The molecule has 1 aromatic heterocycles. The number of aromatic carboxylic acids is 1. The zero-order valence-electron chi connectivity index (χ0n) is 16.8. The lowest BCUT2D eigenvalue weighted by atomic mass is 9.90. The van der Waals surface area contributed by atoms with Gasteiger partial charge in [-0.05, 0) is 44.9 Å². The minimum absolute atomic E-state index is 0.0211. The number of alkyl halides is 1. The molecule has 0 aliphatic heterocycles. The van der Waals surface area contributed by atoms with Crippen LogP contribution in [0.5, 0.6) is 0 Å². The summed E-state index contributed by atoms with van der Waals surface area (Å²) in [5.74, 6) is 0.147. The van der Waals surface area contributed by atoms with E-state index in [1.807, 2.05) is 6.08 Å². The van der Waals surface area contributed by atoms with E-state index >= 15 is 0 Å². The molecular weight excluding hydrogens is 413 g/mol. The fourth-order valence-corrected chi connectivity index (χ4v) is 5.50. The van der Waals surface area contributed by atoms with E-state index in [4.69, 9.17) is 5.11 Å². The van der Waals surface area contributed by atoms with Gasteiger partial charge in [-0.2, -0.15) is 0 Å². The Labute approximate surface area is 179 Å². The second kappa shape index (κ2) is 11.8. The fourth-order valence-electron chi connectivity index (χ4n) is 3.61. The van der Waals surface area contributed by atoms with Crippen LogP contribution in [0.4, 0.5) is 4.39 Å². The minimum atomic E-state index is -1.03. The third kappa shape index (κ3) is 8.18. The molecule has 5 nitrogen and oxygen atoms in total. The first-order valence-electron chi connectivity index (χ1n) is 10.1. The Balaban J connectivity index is 1.78. The van der Waals surface area contributed by atoms with Gasteiger partial charge in [-0.15, -0.1) is 11.3 Å². The van der Waals surface area contributed by atoms with Crippen LogP contribution in [0.25, 0.3) is 0 Å². The highest BCUT2D eigenvalue weighted by atomic mass is 32.2. The number of aromatic nitrogens is 1. The zero-order chi connectivity index (χ0) is 21.3. The number of carboxylic acids is 1. The second-order valence-corrected chi connectivity index (χ2v) is 10.0. The normalized spacial score (nSPS) is 21.7. The lowest BCUT2D eigenvalue weighted by Crippen LogP contribution is -2.23. The van der Waals surface area contributed by atoms with Gasteiger partial charge in [-0.3, -0.25) is 9.18 Å². The molecule has 0 amide bonds. The topological polar surface area (TPSA) is 87.5 Å². The molecular formula is C21H30FNO4S2. The smallest absolute Gasteiger partial charge is 0.355 e. The molecule has 1 heterocycles. The van der Waals surface area contributed by atoms with Gasteiger partial charge in [0.25, 0.3) is 0 Å². The van der Waals surface area contributed by atoms with Crippen molar-refractivity contribution in [3.63, 3.8) is 0 Å². The fraction of sp³-hybridized carbons (Fsp3) is 0.667. The Bertz CT molecular complexity index is 705. The van der Waals surface area contributed by atoms with Gasteiger partial charge in [0.15, 0.2) is 10.0 Å². The Kier molecular flexibility index (Phi) is 9.79. The molecule has 8 heteroatoms. The molecule has 1 aliphatic carbocycles. The molecule has 0 bridgehead atoms. The van der Waals surface area contributed by atoms with Crippen LogP contribution in [0, 0.1) is 11.8 Å². The molecule has 0 spiro atoms. The second-order valence-electron chi connectivity index (χ2n) is 7.85. The third-order valence-corrected chi connectivity index (χ3v) is 7.36. The summed E-state index contributed by atoms with van der Waals surface area (Å²) in [5.41, 5.74) is -0.736. The van der Waals surface area contributed by atoms with Crippen molar-refractivity contribution in [3.05, 3.63) is 23.2 Å². The number of Topliss-reactive ketones (excluding diaryl/α,β-unsaturated/α-hetero) is 1. The summed E-state index contributed by atoms with van der Waals surface area (Å²) in [6.07, 6.45) is 9.55. The standard InChI is InChI=1S/C21H30FNO4S2/c1-21(27,10-3-2-4-12-22)11-5-6-15-7-8-18(24)16(15)9-13-28-20-23-17(14-29-20)19(25)26/h5-6,14-16,27H,2-4,7-13H2,1H3,(H,25,26)/b6-5+/t15-,16?,21?/m1/s1. The number of carboxylic acid groups (broad SMARTS) is 1. The number of nitrogens with zero attached hydrogens (tertiary/aromatic N) is 1. The highest BCUT2D eigenvalue weighted by Crippen LogP contribution is 2.35. The molecule has 29 heavy (non-hydrogen) atoms. The van der Waals surface area contributed by atoms with Crippen molar-refractivity contribution in [2.45, 2.75) is 68.2 Å². The SMILES string of the molecule is CC(O)(C/C=C/[C@@H]1CCC(=O)C1CCSc1nc(C(=O)O)cs1)CCCCCF. The molecule has 1 aliphatic rings. The maximum atomic E-state index is 12.3. The molecule has 162 valence electrons. The summed E-state index contributed by atoms with van der Waals surface area (Å²) in [6.45, 7) is 1.50. The summed E-state index contributed by atoms with van der Waals surface area (Å²) < 4.78 is 12.9. The average Bonchev–Trinajstić information content (AvgIpc) is 3.27. The van der Waals surface area contributed by atoms with Crippen molar-refractivity contribution in [1.82, 2.24) is 4.98 Å². The maximum Gasteiger partial charge on any atom is 0.355 e. The predicted molar refractivity (Wildman–Crippen MR) is 114 cm³/mol. The van der Waals surface area contributed by atoms with Gasteiger partial charge in [-0.1, -0.05) is 36.8 Å². The number of unbranched alkanes of at least 4 members (excludes halogenated alkanes) is 2. The molecule has 1 fully saturated rings. The molecule has 1 saturated carbocycles. The minimum Gasteiger partial charge on any atom is -0.476 e. The molecule has 3 atom stereocenters. The number of halogens is 1. The monoisotopic (exact) mass is 443 g/mol. The van der Waals surface area contributed by atoms with Crippen LogP contribution in [0.15, 0.2) is 21.9 Å². The van der Waals surface area contributed by atoms with Gasteiger partial charge < -0.3 is 10.2 Å². The third-order valence-electron chi connectivity index (χ3n) is 5.30. The van der Waals surface area contributed by atoms with Gasteiger partial charge >= 0.3 is 5.97 Å². The molecule has 0 radical (unpaired) electrons. The highest BCUT2D eigenvalue weighted by molar-refractivity contribution is 8.01. The number of thioether (sulfide) groups is 1. The van der Waals surface area contributed by atoms with Crippen LogP contribution in [-0.4, -0.2) is 45.0 Å². The average molecular weight is 444 g/mol. The number of carbonyl (C=O) groups is 2. The van der Waals surface area contributed by atoms with Gasteiger partial charge in [0.2, 0.25) is 0 Å². The van der Waals surface area contributed by atoms with Gasteiger partial charge in [0, 0.05) is 23.5 Å². The van der Waals surface area contributed by atoms with Crippen LogP contribution >= 0.6 is 23.1 Å². The number of rotatable bonds is 13. The van der Waals surface area contributed by atoms with Crippen molar-refractivity contribution in [1.29, 1.82) is 0 Å². The van der Waals surface area contributed by atoms with E-state index in [0.717, 1.165) is 31.4 Å². The Morgan fingerprint density at radius 1 is 1.45 bits per heavy atom. The van der Waals surface area contributed by atoms with Crippen LogP contribution in [0.2, 0.25) is 0 Å². The molecule has 0 saturated heterocycles. The highest BCUT2D eigenvalue weighted by Gasteiger charge is 2.32. The first kappa shape index (κ1) is 24.0. The van der Waals surface area contributed by atoms with Crippen molar-refractivity contribution < 1.29 is 24.2 Å². The summed E-state index contributed by atoms with van der Waals surface area (Å²) in [7, 11) is 0. The van der Waals surface area contributed by atoms with E-state index in [9.17, 15) is 19.1 Å². The van der Waals surface area contributed by atoms with Gasteiger partial charge in [-0.25, -0.2) is 9.78 Å². The lowest BCUT2D eigenvalue weighted by Gasteiger charge is -2.22. The van der Waals surface area contributed by atoms with Gasteiger partial charge in [0.05, 0.1) is 12.3 Å². The Morgan fingerprint density at radius 3 is 2.93 bits per heavy atom. The molecule has 2 rings (SSSR count). The van der Waals surface area contributed by atoms with Crippen molar-refractivity contribution in [2.24, 2.45) is 11.8 Å². The summed E-state index contributed by atoms with van der Waals surface area (Å²) in [6, 6.07) is 0. The van der Waals surface area contributed by atoms with E-state index in [2.05, 4.69) is 11.1 Å². The summed E-state index contributed by atoms with van der Waals surface area (Å²) >= 11 is 2.80. The maximum absolute atomic E-state index is 12.3. The Morgan fingerprint density at radius 2 is 2.24 bits per heavy atom. The van der Waals surface area contributed by atoms with E-state index in [1.54, 1.807) is 6.92 Å². The van der Waals surface area contributed by atoms with Crippen molar-refractivity contribution in [3.8, 4) is 0 Å². The number of aliphatic hydroxyl groups is 1. The number of carbonyl (C=O) groups excluding carboxylic acids is 1. The van der Waals surface area contributed by atoms with Crippen LogP contribution < -0.4 is 0 Å². The molecule has 2 unspecified atom stereocenters. The predicted octanol–water partition coefficient (Wildman–Crippen LogP) is 5.15. The van der Waals surface area contributed by atoms with Gasteiger partial charge in [0.1, 0.15) is 5.78 Å². The molecule has 1 aromatic rings. The summed E-state index contributed by atoms with van der Waals surface area (Å²) in [5, 5.41) is 20.9. The molecule has 0 aromatic carbocycles. The number of thiazole rings is 1. The first-order chi connectivity index (χ1) is 13.8. The van der Waals surface area contributed by atoms with E-state index < -0.39 is 11.6 Å². The number of hydrogen-bond acceptors (Lipinski definition) is 6. The number of ketones is 1. The quantitative estimate of drug-likeness (QED) is 0.249. The number of allylic oxidation sites excluding steroid dienone is 1. The van der Waals surface area contributed by atoms with Crippen LogP contribution in [0.1, 0.15) is 68.8 Å². The van der Waals surface area contributed by atoms with Crippen molar-refractivity contribution >= 4 is 34.9 Å². The lowest BCUT2D eigenvalue weighted by molar-refractivity contribution is -0.121. The van der Waals surface area contributed by atoms with E-state index in [1.165, 1.54) is 28.5 Å². The largest absolute Gasteiger partial charge is 0.476 e. The van der Waals surface area contributed by atoms with Crippen LogP contribution in [0.3, 0.4) is 0 Å². The van der Waals surface area contributed by atoms with Crippen molar-refractivity contribution in [2.75, 3.05) is 12.4 Å².